The smallest absolute Gasteiger partial charge is 0.257 e. The SMILES string of the molecule is C[C@H]1Cc2ccccc2N(C(=O)[C@@H]2CNCCO2)C1. The fourth-order valence-electron chi connectivity index (χ4n) is 2.90. The van der Waals surface area contributed by atoms with Gasteiger partial charge in [0.1, 0.15) is 6.10 Å². The third kappa shape index (κ3) is 2.51. The zero-order valence-electron chi connectivity index (χ0n) is 11.3. The Morgan fingerprint density at radius 3 is 3.05 bits per heavy atom. The summed E-state index contributed by atoms with van der Waals surface area (Å²) in [5.74, 6) is 0.585. The van der Waals surface area contributed by atoms with Gasteiger partial charge in [0.15, 0.2) is 0 Å². The molecular formula is C15H20N2O2. The molecule has 4 heteroatoms. The van der Waals surface area contributed by atoms with Crippen molar-refractivity contribution in [2.45, 2.75) is 19.4 Å². The summed E-state index contributed by atoms with van der Waals surface area (Å²) in [7, 11) is 0. The first-order valence-electron chi connectivity index (χ1n) is 6.97. The van der Waals surface area contributed by atoms with Crippen LogP contribution in [0, 0.1) is 5.92 Å². The molecule has 1 fully saturated rings. The van der Waals surface area contributed by atoms with Crippen LogP contribution >= 0.6 is 0 Å². The van der Waals surface area contributed by atoms with Crippen LogP contribution in [0.3, 0.4) is 0 Å². The molecule has 0 saturated carbocycles. The molecule has 3 rings (SSSR count). The molecule has 2 aliphatic rings. The summed E-state index contributed by atoms with van der Waals surface area (Å²) in [5.41, 5.74) is 2.32. The number of benzene rings is 1. The van der Waals surface area contributed by atoms with Crippen LogP contribution in [0.4, 0.5) is 5.69 Å². The Bertz CT molecular complexity index is 469. The number of rotatable bonds is 1. The second-order valence-corrected chi connectivity index (χ2v) is 5.45. The van der Waals surface area contributed by atoms with Gasteiger partial charge in [-0.05, 0) is 24.0 Å². The van der Waals surface area contributed by atoms with E-state index in [-0.39, 0.29) is 12.0 Å². The minimum atomic E-state index is -0.341. The van der Waals surface area contributed by atoms with Gasteiger partial charge >= 0.3 is 0 Å². The predicted molar refractivity (Wildman–Crippen MR) is 74.3 cm³/mol. The van der Waals surface area contributed by atoms with Crippen LogP contribution in [0.5, 0.6) is 0 Å². The molecule has 0 bridgehead atoms. The molecule has 0 aromatic heterocycles. The molecule has 0 spiro atoms. The molecule has 102 valence electrons. The van der Waals surface area contributed by atoms with E-state index in [4.69, 9.17) is 4.74 Å². The van der Waals surface area contributed by atoms with E-state index in [0.717, 1.165) is 25.2 Å². The van der Waals surface area contributed by atoms with Crippen molar-refractivity contribution in [3.63, 3.8) is 0 Å². The third-order valence-corrected chi connectivity index (χ3v) is 3.81. The van der Waals surface area contributed by atoms with E-state index < -0.39 is 0 Å². The van der Waals surface area contributed by atoms with E-state index in [9.17, 15) is 4.79 Å². The number of morpholine rings is 1. The van der Waals surface area contributed by atoms with E-state index >= 15 is 0 Å². The number of hydrogen-bond donors (Lipinski definition) is 1. The van der Waals surface area contributed by atoms with Crippen LogP contribution in [0.25, 0.3) is 0 Å². The van der Waals surface area contributed by atoms with Gasteiger partial charge in [0, 0.05) is 25.3 Å². The normalized spacial score (nSPS) is 26.9. The lowest BCUT2D eigenvalue weighted by Crippen LogP contribution is -2.51. The lowest BCUT2D eigenvalue weighted by molar-refractivity contribution is -0.131. The van der Waals surface area contributed by atoms with Crippen LogP contribution in [0.15, 0.2) is 24.3 Å². The summed E-state index contributed by atoms with van der Waals surface area (Å²) in [5, 5.41) is 3.22. The number of amides is 1. The highest BCUT2D eigenvalue weighted by molar-refractivity contribution is 5.97. The molecule has 2 aliphatic heterocycles. The predicted octanol–water partition coefficient (Wildman–Crippen LogP) is 1.20. The maximum Gasteiger partial charge on any atom is 0.257 e. The van der Waals surface area contributed by atoms with Crippen LogP contribution in [-0.4, -0.2) is 38.3 Å². The lowest BCUT2D eigenvalue weighted by Gasteiger charge is -2.36. The number of carbonyl (C=O) groups excluding carboxylic acids is 1. The van der Waals surface area contributed by atoms with Crippen molar-refractivity contribution in [3.05, 3.63) is 29.8 Å². The maximum atomic E-state index is 12.6. The summed E-state index contributed by atoms with van der Waals surface area (Å²) in [6.45, 7) is 5.04. The van der Waals surface area contributed by atoms with Crippen LogP contribution in [0.1, 0.15) is 12.5 Å². The number of hydrogen-bond acceptors (Lipinski definition) is 3. The molecule has 2 heterocycles. The third-order valence-electron chi connectivity index (χ3n) is 3.81. The molecule has 19 heavy (non-hydrogen) atoms. The van der Waals surface area contributed by atoms with Crippen molar-refractivity contribution in [2.75, 3.05) is 31.1 Å². The second-order valence-electron chi connectivity index (χ2n) is 5.45. The van der Waals surface area contributed by atoms with E-state index in [2.05, 4.69) is 18.3 Å². The number of fused-ring (bicyclic) bond motifs is 1. The molecule has 2 atom stereocenters. The quantitative estimate of drug-likeness (QED) is 0.825. The number of anilines is 1. The summed E-state index contributed by atoms with van der Waals surface area (Å²) in [6, 6.07) is 8.19. The van der Waals surface area contributed by atoms with Crippen LogP contribution in [-0.2, 0) is 16.0 Å². The fourth-order valence-corrected chi connectivity index (χ4v) is 2.90. The Labute approximate surface area is 113 Å². The molecular weight excluding hydrogens is 240 g/mol. The van der Waals surface area contributed by atoms with E-state index in [1.807, 2.05) is 23.1 Å². The zero-order chi connectivity index (χ0) is 13.2. The summed E-state index contributed by atoms with van der Waals surface area (Å²) in [4.78, 5) is 14.5. The standard InChI is InChI=1S/C15H20N2O2/c1-11-8-12-4-2-3-5-13(12)17(10-11)15(18)14-9-16-6-7-19-14/h2-5,11,14,16H,6-10H2,1H3/t11-,14-/m0/s1. The van der Waals surface area contributed by atoms with Crippen molar-refractivity contribution in [2.24, 2.45) is 5.92 Å². The minimum absolute atomic E-state index is 0.0891. The largest absolute Gasteiger partial charge is 0.366 e. The van der Waals surface area contributed by atoms with E-state index in [1.165, 1.54) is 5.56 Å². The monoisotopic (exact) mass is 260 g/mol. The molecule has 1 amide bonds. The van der Waals surface area contributed by atoms with Crippen molar-refractivity contribution in [3.8, 4) is 0 Å². The average Bonchev–Trinajstić information content (AvgIpc) is 2.46. The van der Waals surface area contributed by atoms with Gasteiger partial charge in [-0.2, -0.15) is 0 Å². The Kier molecular flexibility index (Phi) is 3.53. The Hall–Kier alpha value is -1.39. The Morgan fingerprint density at radius 1 is 1.42 bits per heavy atom. The van der Waals surface area contributed by atoms with Gasteiger partial charge in [0.05, 0.1) is 6.61 Å². The fraction of sp³-hybridized carbons (Fsp3) is 0.533. The first kappa shape index (κ1) is 12.6. The highest BCUT2D eigenvalue weighted by atomic mass is 16.5. The zero-order valence-corrected chi connectivity index (χ0v) is 11.3. The molecule has 0 radical (unpaired) electrons. The minimum Gasteiger partial charge on any atom is -0.366 e. The van der Waals surface area contributed by atoms with Gasteiger partial charge in [-0.15, -0.1) is 0 Å². The Balaban J connectivity index is 1.85. The van der Waals surface area contributed by atoms with Crippen molar-refractivity contribution < 1.29 is 9.53 Å². The maximum absolute atomic E-state index is 12.6. The molecule has 1 aromatic rings. The van der Waals surface area contributed by atoms with Crippen molar-refractivity contribution in [1.29, 1.82) is 0 Å². The number of para-hydroxylation sites is 1. The molecule has 1 saturated heterocycles. The second kappa shape index (κ2) is 5.31. The molecule has 4 nitrogen and oxygen atoms in total. The van der Waals surface area contributed by atoms with Gasteiger partial charge < -0.3 is 15.0 Å². The molecule has 0 unspecified atom stereocenters. The van der Waals surface area contributed by atoms with Gasteiger partial charge in [0.2, 0.25) is 0 Å². The number of nitrogens with one attached hydrogen (secondary N) is 1. The van der Waals surface area contributed by atoms with Gasteiger partial charge in [-0.25, -0.2) is 0 Å². The number of ether oxygens (including phenoxy) is 1. The lowest BCUT2D eigenvalue weighted by atomic mass is 9.93. The number of nitrogens with zero attached hydrogens (tertiary/aromatic N) is 1. The van der Waals surface area contributed by atoms with Crippen LogP contribution < -0.4 is 10.2 Å². The highest BCUT2D eigenvalue weighted by Gasteiger charge is 2.32. The first-order valence-corrected chi connectivity index (χ1v) is 6.97. The van der Waals surface area contributed by atoms with Crippen LogP contribution in [0.2, 0.25) is 0 Å². The molecule has 0 aliphatic carbocycles. The average molecular weight is 260 g/mol. The van der Waals surface area contributed by atoms with E-state index in [0.29, 0.717) is 19.1 Å². The van der Waals surface area contributed by atoms with Gasteiger partial charge in [-0.3, -0.25) is 4.79 Å². The number of carbonyl (C=O) groups is 1. The van der Waals surface area contributed by atoms with Crippen molar-refractivity contribution in [1.82, 2.24) is 5.32 Å². The summed E-state index contributed by atoms with van der Waals surface area (Å²) >= 11 is 0. The Morgan fingerprint density at radius 2 is 2.26 bits per heavy atom. The highest BCUT2D eigenvalue weighted by Crippen LogP contribution is 2.30. The molecule has 1 N–H and O–H groups in total. The van der Waals surface area contributed by atoms with E-state index in [1.54, 1.807) is 0 Å². The van der Waals surface area contributed by atoms with Gasteiger partial charge in [0.25, 0.3) is 5.91 Å². The topological polar surface area (TPSA) is 41.6 Å². The summed E-state index contributed by atoms with van der Waals surface area (Å²) < 4.78 is 5.59. The first-order chi connectivity index (χ1) is 9.25. The molecule has 1 aromatic carbocycles. The summed E-state index contributed by atoms with van der Waals surface area (Å²) in [6.07, 6.45) is 0.705. The van der Waals surface area contributed by atoms with Gasteiger partial charge in [-0.1, -0.05) is 25.1 Å². The van der Waals surface area contributed by atoms with Crippen molar-refractivity contribution >= 4 is 11.6 Å².